The van der Waals surface area contributed by atoms with Gasteiger partial charge < -0.3 is 14.9 Å². The van der Waals surface area contributed by atoms with Crippen molar-refractivity contribution < 1.29 is 19.5 Å². The Bertz CT molecular complexity index is 643. The fourth-order valence-electron chi connectivity index (χ4n) is 3.33. The van der Waals surface area contributed by atoms with Crippen molar-refractivity contribution in [3.05, 3.63) is 29.8 Å². The molecule has 1 aromatic rings. The first kappa shape index (κ1) is 15.5. The average Bonchev–Trinajstić information content (AvgIpc) is 3.00. The van der Waals surface area contributed by atoms with Gasteiger partial charge in [-0.1, -0.05) is 6.07 Å². The third-order valence-corrected chi connectivity index (χ3v) is 4.53. The number of benzene rings is 1. The Kier molecular flexibility index (Phi) is 4.32. The number of likely N-dealkylation sites (tertiary alicyclic amines) is 1. The quantitative estimate of drug-likeness (QED) is 0.924. The molecule has 6 heteroatoms. The van der Waals surface area contributed by atoms with Gasteiger partial charge in [-0.15, -0.1) is 0 Å². The van der Waals surface area contributed by atoms with E-state index >= 15 is 0 Å². The zero-order chi connectivity index (χ0) is 16.4. The molecule has 1 N–H and O–H groups in total. The van der Waals surface area contributed by atoms with Crippen LogP contribution in [0.25, 0.3) is 0 Å². The van der Waals surface area contributed by atoms with Gasteiger partial charge in [0.1, 0.15) is 6.04 Å². The smallest absolute Gasteiger partial charge is 0.326 e. The molecule has 2 heterocycles. The van der Waals surface area contributed by atoms with Crippen molar-refractivity contribution in [1.82, 2.24) is 4.90 Å². The number of aliphatic carboxylic acids is 1. The lowest BCUT2D eigenvalue weighted by Crippen LogP contribution is -2.48. The summed E-state index contributed by atoms with van der Waals surface area (Å²) in [5, 5.41) is 9.32. The number of carboxylic acids is 1. The lowest BCUT2D eigenvalue weighted by atomic mass is 10.0. The Morgan fingerprint density at radius 2 is 1.96 bits per heavy atom. The Labute approximate surface area is 134 Å². The molecular weight excluding hydrogens is 296 g/mol. The third kappa shape index (κ3) is 3.06. The van der Waals surface area contributed by atoms with E-state index in [4.69, 9.17) is 0 Å². The molecule has 2 amide bonds. The van der Waals surface area contributed by atoms with Crippen LogP contribution in [0.5, 0.6) is 0 Å². The van der Waals surface area contributed by atoms with Crippen LogP contribution in [0.3, 0.4) is 0 Å². The molecule has 0 spiro atoms. The highest BCUT2D eigenvalue weighted by atomic mass is 16.4. The van der Waals surface area contributed by atoms with E-state index in [-0.39, 0.29) is 11.8 Å². The number of carboxylic acid groups (broad SMARTS) is 1. The molecule has 0 radical (unpaired) electrons. The van der Waals surface area contributed by atoms with Gasteiger partial charge in [0.2, 0.25) is 5.91 Å². The highest BCUT2D eigenvalue weighted by molar-refractivity contribution is 6.00. The minimum Gasteiger partial charge on any atom is -0.480 e. The van der Waals surface area contributed by atoms with Crippen LogP contribution < -0.4 is 4.90 Å². The molecule has 1 aromatic carbocycles. The molecule has 1 unspecified atom stereocenters. The SMILES string of the molecule is O=C(O)C1CCCCN1C(=O)c1cccc(N2CCCC2=O)c1. The number of amides is 2. The average molecular weight is 316 g/mol. The lowest BCUT2D eigenvalue weighted by Gasteiger charge is -2.33. The van der Waals surface area contributed by atoms with E-state index in [2.05, 4.69) is 0 Å². The van der Waals surface area contributed by atoms with E-state index in [0.29, 0.717) is 37.2 Å². The van der Waals surface area contributed by atoms with E-state index in [1.54, 1.807) is 23.1 Å². The largest absolute Gasteiger partial charge is 0.480 e. The Balaban J connectivity index is 1.84. The molecule has 6 nitrogen and oxygen atoms in total. The van der Waals surface area contributed by atoms with Crippen LogP contribution in [-0.4, -0.2) is 46.9 Å². The van der Waals surface area contributed by atoms with E-state index in [0.717, 1.165) is 19.3 Å². The standard InChI is InChI=1S/C17H20N2O4/c20-15-8-4-10-18(15)13-6-3-5-12(11-13)16(21)19-9-2-1-7-14(19)17(22)23/h3,5-6,11,14H,1-2,4,7-10H2,(H,22,23). The van der Waals surface area contributed by atoms with Gasteiger partial charge in [-0.25, -0.2) is 4.79 Å². The molecule has 2 fully saturated rings. The maximum absolute atomic E-state index is 12.7. The van der Waals surface area contributed by atoms with Crippen LogP contribution in [0.4, 0.5) is 5.69 Å². The summed E-state index contributed by atoms with van der Waals surface area (Å²) in [7, 11) is 0. The van der Waals surface area contributed by atoms with Crippen LogP contribution in [0.1, 0.15) is 42.5 Å². The number of hydrogen-bond donors (Lipinski definition) is 1. The summed E-state index contributed by atoms with van der Waals surface area (Å²) in [6, 6.07) is 6.17. The number of hydrogen-bond acceptors (Lipinski definition) is 3. The normalized spacial score (nSPS) is 21.6. The highest BCUT2D eigenvalue weighted by Gasteiger charge is 2.32. The summed E-state index contributed by atoms with van der Waals surface area (Å²) in [5.74, 6) is -1.16. The second-order valence-electron chi connectivity index (χ2n) is 6.05. The van der Waals surface area contributed by atoms with Crippen LogP contribution in [0, 0.1) is 0 Å². The van der Waals surface area contributed by atoms with E-state index in [9.17, 15) is 19.5 Å². The Morgan fingerprint density at radius 3 is 2.65 bits per heavy atom. The topological polar surface area (TPSA) is 77.9 Å². The van der Waals surface area contributed by atoms with Crippen molar-refractivity contribution in [2.24, 2.45) is 0 Å². The second kappa shape index (κ2) is 6.40. The van der Waals surface area contributed by atoms with Gasteiger partial charge in [0, 0.05) is 30.8 Å². The van der Waals surface area contributed by atoms with E-state index in [1.807, 2.05) is 6.07 Å². The van der Waals surface area contributed by atoms with Crippen molar-refractivity contribution >= 4 is 23.5 Å². The van der Waals surface area contributed by atoms with Gasteiger partial charge in [0.05, 0.1) is 0 Å². The number of piperidine rings is 1. The van der Waals surface area contributed by atoms with Gasteiger partial charge in [0.25, 0.3) is 5.91 Å². The fourth-order valence-corrected chi connectivity index (χ4v) is 3.33. The van der Waals surface area contributed by atoms with Gasteiger partial charge in [-0.2, -0.15) is 0 Å². The van der Waals surface area contributed by atoms with Crippen LogP contribution in [0.2, 0.25) is 0 Å². The first-order valence-electron chi connectivity index (χ1n) is 8.02. The second-order valence-corrected chi connectivity index (χ2v) is 6.05. The molecule has 0 bridgehead atoms. The van der Waals surface area contributed by atoms with Crippen LogP contribution >= 0.6 is 0 Å². The van der Waals surface area contributed by atoms with Crippen LogP contribution in [0.15, 0.2) is 24.3 Å². The summed E-state index contributed by atoms with van der Waals surface area (Å²) in [5.41, 5.74) is 1.15. The third-order valence-electron chi connectivity index (χ3n) is 4.53. The predicted octanol–water partition coefficient (Wildman–Crippen LogP) is 1.89. The molecular formula is C17H20N2O4. The molecule has 0 saturated carbocycles. The molecule has 0 aliphatic carbocycles. The number of nitrogens with zero attached hydrogens (tertiary/aromatic N) is 2. The summed E-state index contributed by atoms with van der Waals surface area (Å²) < 4.78 is 0. The monoisotopic (exact) mass is 316 g/mol. The highest BCUT2D eigenvalue weighted by Crippen LogP contribution is 2.25. The molecule has 122 valence electrons. The maximum atomic E-state index is 12.7. The first-order valence-corrected chi connectivity index (χ1v) is 8.02. The van der Waals surface area contributed by atoms with Crippen molar-refractivity contribution in [1.29, 1.82) is 0 Å². The molecule has 2 saturated heterocycles. The number of carbonyl (C=O) groups excluding carboxylic acids is 2. The summed E-state index contributed by atoms with van der Waals surface area (Å²) in [6.45, 7) is 1.13. The van der Waals surface area contributed by atoms with E-state index < -0.39 is 12.0 Å². The van der Waals surface area contributed by atoms with Gasteiger partial charge in [0.15, 0.2) is 0 Å². The Hall–Kier alpha value is -2.37. The molecule has 1 atom stereocenters. The lowest BCUT2D eigenvalue weighted by molar-refractivity contribution is -0.143. The van der Waals surface area contributed by atoms with Crippen molar-refractivity contribution in [2.75, 3.05) is 18.0 Å². The molecule has 23 heavy (non-hydrogen) atoms. The zero-order valence-electron chi connectivity index (χ0n) is 12.9. The minimum atomic E-state index is -0.955. The van der Waals surface area contributed by atoms with Crippen molar-refractivity contribution in [3.63, 3.8) is 0 Å². The van der Waals surface area contributed by atoms with Gasteiger partial charge >= 0.3 is 5.97 Å². The Morgan fingerprint density at radius 1 is 1.13 bits per heavy atom. The molecule has 0 aromatic heterocycles. The van der Waals surface area contributed by atoms with Crippen LogP contribution in [-0.2, 0) is 9.59 Å². The summed E-state index contributed by atoms with van der Waals surface area (Å²) in [6.07, 6.45) is 3.49. The minimum absolute atomic E-state index is 0.0657. The number of carbonyl (C=O) groups is 3. The van der Waals surface area contributed by atoms with Gasteiger partial charge in [-0.05, 0) is 43.9 Å². The predicted molar refractivity (Wildman–Crippen MR) is 84.3 cm³/mol. The number of rotatable bonds is 3. The van der Waals surface area contributed by atoms with Gasteiger partial charge in [-0.3, -0.25) is 9.59 Å². The van der Waals surface area contributed by atoms with E-state index in [1.165, 1.54) is 4.90 Å². The zero-order valence-corrected chi connectivity index (χ0v) is 12.9. The number of anilines is 1. The molecule has 2 aliphatic rings. The maximum Gasteiger partial charge on any atom is 0.326 e. The summed E-state index contributed by atoms with van der Waals surface area (Å²) in [4.78, 5) is 39.1. The first-order chi connectivity index (χ1) is 11.1. The molecule has 2 aliphatic heterocycles. The fraction of sp³-hybridized carbons (Fsp3) is 0.471. The van der Waals surface area contributed by atoms with Crippen molar-refractivity contribution in [2.45, 2.75) is 38.1 Å². The van der Waals surface area contributed by atoms with Crippen molar-refractivity contribution in [3.8, 4) is 0 Å². The summed E-state index contributed by atoms with van der Waals surface area (Å²) >= 11 is 0. The molecule has 3 rings (SSSR count).